The molecule has 5 rings (SSSR count). The van der Waals surface area contributed by atoms with Gasteiger partial charge in [-0.2, -0.15) is 0 Å². The van der Waals surface area contributed by atoms with Crippen LogP contribution < -0.4 is 4.74 Å². The molecule has 36 heavy (non-hydrogen) atoms. The molecule has 1 aromatic heterocycles. The van der Waals surface area contributed by atoms with Gasteiger partial charge >= 0.3 is 0 Å². The van der Waals surface area contributed by atoms with E-state index in [1.807, 2.05) is 43.5 Å². The largest absolute Gasteiger partial charge is 0.508 e. The number of ether oxygens (including phenoxy) is 1. The second-order valence-electron chi connectivity index (χ2n) is 8.93. The fourth-order valence-electron chi connectivity index (χ4n) is 4.75. The number of phenolic OH excluding ortho intramolecular Hbond substituents is 1. The summed E-state index contributed by atoms with van der Waals surface area (Å²) in [6.07, 6.45) is 2.36. The van der Waals surface area contributed by atoms with Gasteiger partial charge in [-0.05, 0) is 54.8 Å². The Labute approximate surface area is 208 Å². The maximum atomic E-state index is 13.2. The fraction of sp³-hybridized carbons (Fsp3) is 0.172. The molecule has 0 aliphatic carbocycles. The monoisotopic (exact) mass is 482 g/mol. The smallest absolute Gasteiger partial charge is 0.295 e. The van der Waals surface area contributed by atoms with Crippen LogP contribution in [-0.4, -0.2) is 45.4 Å². The average molecular weight is 483 g/mol. The van der Waals surface area contributed by atoms with Gasteiger partial charge < -0.3 is 24.8 Å². The highest BCUT2D eigenvalue weighted by atomic mass is 16.5. The number of hydrogen-bond acceptors (Lipinski definition) is 5. The van der Waals surface area contributed by atoms with Crippen molar-refractivity contribution in [1.29, 1.82) is 0 Å². The molecule has 0 saturated carbocycles. The number of methoxy groups -OCH3 is 1. The number of ketones is 1. The molecule has 1 saturated heterocycles. The molecule has 0 radical (unpaired) electrons. The topological polar surface area (TPSA) is 103 Å². The van der Waals surface area contributed by atoms with E-state index in [1.165, 1.54) is 17.0 Å². The molecule has 1 atom stereocenters. The number of nitrogens with zero attached hydrogens (tertiary/aromatic N) is 1. The molecule has 1 fully saturated rings. The van der Waals surface area contributed by atoms with E-state index >= 15 is 0 Å². The van der Waals surface area contributed by atoms with E-state index in [-0.39, 0.29) is 23.6 Å². The van der Waals surface area contributed by atoms with Crippen LogP contribution >= 0.6 is 0 Å². The van der Waals surface area contributed by atoms with Crippen LogP contribution in [0.5, 0.6) is 11.5 Å². The lowest BCUT2D eigenvalue weighted by Crippen LogP contribution is -2.31. The van der Waals surface area contributed by atoms with Crippen LogP contribution in [0.2, 0.25) is 0 Å². The fourth-order valence-corrected chi connectivity index (χ4v) is 4.75. The number of carbonyl (C=O) groups excluding carboxylic acids is 2. The van der Waals surface area contributed by atoms with Crippen LogP contribution in [0.4, 0.5) is 0 Å². The van der Waals surface area contributed by atoms with Crippen molar-refractivity contribution in [2.24, 2.45) is 0 Å². The second-order valence-corrected chi connectivity index (χ2v) is 8.93. The Hall–Kier alpha value is -4.52. The molecule has 1 aliphatic heterocycles. The van der Waals surface area contributed by atoms with Crippen molar-refractivity contribution in [2.75, 3.05) is 13.7 Å². The highest BCUT2D eigenvalue weighted by Gasteiger charge is 2.46. The first-order chi connectivity index (χ1) is 17.4. The second kappa shape index (κ2) is 9.26. The number of Topliss-reactive ketones (excluding diaryl/α,β-unsaturated/α-hetero) is 1. The minimum absolute atomic E-state index is 0.00930. The number of hydrogen-bond donors (Lipinski definition) is 3. The molecule has 4 aromatic rings. The van der Waals surface area contributed by atoms with Crippen LogP contribution in [-0.2, 0) is 16.0 Å². The van der Waals surface area contributed by atoms with Gasteiger partial charge in [0.2, 0.25) is 0 Å². The summed E-state index contributed by atoms with van der Waals surface area (Å²) in [6.45, 7) is 2.16. The maximum absolute atomic E-state index is 13.2. The lowest BCUT2D eigenvalue weighted by Gasteiger charge is -2.25. The van der Waals surface area contributed by atoms with Crippen molar-refractivity contribution < 1.29 is 24.5 Å². The third-order valence-corrected chi connectivity index (χ3v) is 6.65. The molecule has 3 aromatic carbocycles. The first-order valence-electron chi connectivity index (χ1n) is 11.7. The number of H-pyrrole nitrogens is 1. The molecule has 3 N–H and O–H groups in total. The SMILES string of the molecule is COc1ccc2[nH]cc(CCN3C(=O)C(=O)/C(=C(\O)c4ccc(C)cc4)C3c3cccc(O)c3)c2c1. The van der Waals surface area contributed by atoms with Gasteiger partial charge in [-0.3, -0.25) is 9.59 Å². The quantitative estimate of drug-likeness (QED) is 0.207. The van der Waals surface area contributed by atoms with Gasteiger partial charge in [0.1, 0.15) is 17.3 Å². The standard InChI is InChI=1S/C29H26N2O5/c1-17-6-8-18(9-7-17)27(33)25-26(19-4-3-5-21(32)14-19)31(29(35)28(25)34)13-12-20-16-30-24-11-10-22(36-2)15-23(20)24/h3-11,14-16,26,30,32-33H,12-13H2,1-2H3/b27-25-. The summed E-state index contributed by atoms with van der Waals surface area (Å²) < 4.78 is 5.35. The van der Waals surface area contributed by atoms with E-state index in [9.17, 15) is 19.8 Å². The number of phenols is 1. The third-order valence-electron chi connectivity index (χ3n) is 6.65. The molecule has 2 heterocycles. The first kappa shape index (κ1) is 23.2. The van der Waals surface area contributed by atoms with Crippen molar-refractivity contribution >= 4 is 28.4 Å². The Kier molecular flexibility index (Phi) is 5.98. The molecule has 0 bridgehead atoms. The number of aromatic amines is 1. The number of aromatic nitrogens is 1. The summed E-state index contributed by atoms with van der Waals surface area (Å²) in [7, 11) is 1.61. The number of likely N-dealkylation sites (tertiary alicyclic amines) is 1. The van der Waals surface area contributed by atoms with Crippen molar-refractivity contribution in [3.8, 4) is 11.5 Å². The zero-order valence-electron chi connectivity index (χ0n) is 20.0. The number of aromatic hydroxyl groups is 1. The van der Waals surface area contributed by atoms with E-state index in [1.54, 1.807) is 31.4 Å². The van der Waals surface area contributed by atoms with Crippen molar-refractivity contribution in [1.82, 2.24) is 9.88 Å². The Bertz CT molecular complexity index is 1500. The van der Waals surface area contributed by atoms with Gasteiger partial charge in [-0.1, -0.05) is 42.0 Å². The highest BCUT2D eigenvalue weighted by molar-refractivity contribution is 6.46. The Morgan fingerprint density at radius 2 is 1.83 bits per heavy atom. The minimum Gasteiger partial charge on any atom is -0.508 e. The number of aryl methyl sites for hydroxylation is 1. The van der Waals surface area contributed by atoms with Gasteiger partial charge in [0.05, 0.1) is 18.7 Å². The van der Waals surface area contributed by atoms with Gasteiger partial charge in [0.25, 0.3) is 11.7 Å². The molecule has 1 unspecified atom stereocenters. The van der Waals surface area contributed by atoms with E-state index in [4.69, 9.17) is 4.74 Å². The summed E-state index contributed by atoms with van der Waals surface area (Å²) in [5.41, 5.74) is 3.92. The highest BCUT2D eigenvalue weighted by Crippen LogP contribution is 2.40. The number of amides is 1. The molecule has 182 valence electrons. The lowest BCUT2D eigenvalue weighted by atomic mass is 9.94. The zero-order chi connectivity index (χ0) is 25.4. The van der Waals surface area contributed by atoms with E-state index < -0.39 is 17.7 Å². The van der Waals surface area contributed by atoms with E-state index in [2.05, 4.69) is 4.98 Å². The summed E-state index contributed by atoms with van der Waals surface area (Å²) in [5.74, 6) is -0.934. The van der Waals surface area contributed by atoms with Crippen LogP contribution in [0.15, 0.2) is 78.5 Å². The molecule has 7 nitrogen and oxygen atoms in total. The van der Waals surface area contributed by atoms with Gasteiger partial charge in [0.15, 0.2) is 0 Å². The maximum Gasteiger partial charge on any atom is 0.295 e. The Balaban J connectivity index is 1.56. The summed E-state index contributed by atoms with van der Waals surface area (Å²) in [4.78, 5) is 31.2. The van der Waals surface area contributed by atoms with Crippen molar-refractivity contribution in [2.45, 2.75) is 19.4 Å². The van der Waals surface area contributed by atoms with Crippen LogP contribution in [0.25, 0.3) is 16.7 Å². The number of rotatable bonds is 6. The van der Waals surface area contributed by atoms with Crippen LogP contribution in [0.3, 0.4) is 0 Å². The first-order valence-corrected chi connectivity index (χ1v) is 11.7. The zero-order valence-corrected chi connectivity index (χ0v) is 20.0. The number of aliphatic hydroxyl groups excluding tert-OH is 1. The molecule has 1 amide bonds. The number of aliphatic hydroxyl groups is 1. The molecular weight excluding hydrogens is 456 g/mol. The number of carbonyl (C=O) groups is 2. The molecule has 1 aliphatic rings. The molecule has 0 spiro atoms. The lowest BCUT2D eigenvalue weighted by molar-refractivity contribution is -0.139. The van der Waals surface area contributed by atoms with Crippen LogP contribution in [0, 0.1) is 6.92 Å². The van der Waals surface area contributed by atoms with E-state index in [0.717, 1.165) is 27.8 Å². The predicted molar refractivity (Wildman–Crippen MR) is 137 cm³/mol. The molecule has 7 heteroatoms. The predicted octanol–water partition coefficient (Wildman–Crippen LogP) is 4.85. The normalized spacial score (nSPS) is 17.2. The number of fused-ring (bicyclic) bond motifs is 1. The summed E-state index contributed by atoms with van der Waals surface area (Å²) >= 11 is 0. The average Bonchev–Trinajstić information content (AvgIpc) is 3.40. The van der Waals surface area contributed by atoms with Crippen LogP contribution in [0.1, 0.15) is 28.3 Å². The van der Waals surface area contributed by atoms with Crippen molar-refractivity contribution in [3.63, 3.8) is 0 Å². The van der Waals surface area contributed by atoms with E-state index in [0.29, 0.717) is 17.5 Å². The number of nitrogens with one attached hydrogen (secondary N) is 1. The van der Waals surface area contributed by atoms with Gasteiger partial charge in [0, 0.05) is 29.2 Å². The summed E-state index contributed by atoms with van der Waals surface area (Å²) in [6, 6.07) is 18.4. The number of benzene rings is 3. The summed E-state index contributed by atoms with van der Waals surface area (Å²) in [5, 5.41) is 22.3. The van der Waals surface area contributed by atoms with Gasteiger partial charge in [-0.15, -0.1) is 0 Å². The molecular formula is C29H26N2O5. The van der Waals surface area contributed by atoms with Gasteiger partial charge in [-0.25, -0.2) is 0 Å². The minimum atomic E-state index is -0.835. The Morgan fingerprint density at radius 1 is 1.06 bits per heavy atom. The Morgan fingerprint density at radius 3 is 2.56 bits per heavy atom. The van der Waals surface area contributed by atoms with Crippen molar-refractivity contribution in [3.05, 3.63) is 101 Å². The third kappa shape index (κ3) is 4.09.